The predicted molar refractivity (Wildman–Crippen MR) is 114 cm³/mol. The maximum atomic E-state index is 6.09. The van der Waals surface area contributed by atoms with Crippen LogP contribution in [-0.2, 0) is 13.1 Å². The van der Waals surface area contributed by atoms with Gasteiger partial charge in [0.1, 0.15) is 0 Å². The van der Waals surface area contributed by atoms with Crippen molar-refractivity contribution in [2.45, 2.75) is 32.4 Å². The summed E-state index contributed by atoms with van der Waals surface area (Å²) < 4.78 is 10.6. The first-order valence-corrected chi connectivity index (χ1v) is 9.79. The molecule has 1 heterocycles. The molecule has 1 aliphatic heterocycles. The summed E-state index contributed by atoms with van der Waals surface area (Å²) in [6, 6.07) is 14.3. The summed E-state index contributed by atoms with van der Waals surface area (Å²) in [6.07, 6.45) is 3.85. The molecule has 0 aromatic heterocycles. The lowest BCUT2D eigenvalue weighted by Gasteiger charge is -2.30. The monoisotopic (exact) mass is 382 g/mol. The molecule has 0 aliphatic carbocycles. The van der Waals surface area contributed by atoms with Crippen LogP contribution in [0.25, 0.3) is 0 Å². The Kier molecular flexibility index (Phi) is 7.00. The van der Waals surface area contributed by atoms with Gasteiger partial charge in [0.15, 0.2) is 17.5 Å². The minimum atomic E-state index is 0.434. The first kappa shape index (κ1) is 19.9. The van der Waals surface area contributed by atoms with Crippen LogP contribution in [0, 0.1) is 0 Å². The van der Waals surface area contributed by atoms with Crippen molar-refractivity contribution in [2.24, 2.45) is 10.7 Å². The lowest BCUT2D eigenvalue weighted by atomic mass is 10.1. The Morgan fingerprint density at radius 1 is 1.04 bits per heavy atom. The van der Waals surface area contributed by atoms with Crippen LogP contribution in [0.1, 0.15) is 30.4 Å². The number of nitrogens with one attached hydrogen (secondary N) is 1. The van der Waals surface area contributed by atoms with E-state index in [1.807, 2.05) is 18.2 Å². The number of hydrogen-bond acceptors (Lipinski definition) is 4. The second-order valence-corrected chi connectivity index (χ2v) is 6.92. The van der Waals surface area contributed by atoms with Gasteiger partial charge >= 0.3 is 0 Å². The Balaban J connectivity index is 1.60. The fourth-order valence-electron chi connectivity index (χ4n) is 3.50. The van der Waals surface area contributed by atoms with Crippen LogP contribution < -0.4 is 25.4 Å². The zero-order chi connectivity index (χ0) is 19.8. The van der Waals surface area contributed by atoms with E-state index in [1.54, 1.807) is 14.2 Å². The maximum Gasteiger partial charge on any atom is 0.189 e. The molecule has 1 fully saturated rings. The molecule has 3 N–H and O–H groups in total. The van der Waals surface area contributed by atoms with E-state index in [2.05, 4.69) is 39.5 Å². The van der Waals surface area contributed by atoms with Crippen molar-refractivity contribution in [1.29, 1.82) is 0 Å². The van der Waals surface area contributed by atoms with Crippen molar-refractivity contribution in [3.8, 4) is 11.5 Å². The molecule has 28 heavy (non-hydrogen) atoms. The average Bonchev–Trinajstić information content (AvgIpc) is 2.76. The van der Waals surface area contributed by atoms with E-state index in [9.17, 15) is 0 Å². The molecular weight excluding hydrogens is 352 g/mol. The molecule has 2 aromatic carbocycles. The number of anilines is 1. The Bertz CT molecular complexity index is 801. The highest BCUT2D eigenvalue weighted by molar-refractivity contribution is 5.78. The van der Waals surface area contributed by atoms with E-state index in [1.165, 1.54) is 30.5 Å². The molecule has 0 amide bonds. The van der Waals surface area contributed by atoms with E-state index in [0.717, 1.165) is 18.7 Å². The normalized spacial score (nSPS) is 14.6. The van der Waals surface area contributed by atoms with Crippen molar-refractivity contribution < 1.29 is 9.47 Å². The molecule has 0 radical (unpaired) electrons. The summed E-state index contributed by atoms with van der Waals surface area (Å²) >= 11 is 0. The quantitative estimate of drug-likeness (QED) is 0.568. The van der Waals surface area contributed by atoms with E-state index in [-0.39, 0.29) is 0 Å². The number of hydrogen-bond donors (Lipinski definition) is 2. The Labute approximate surface area is 167 Å². The van der Waals surface area contributed by atoms with Gasteiger partial charge in [-0.05, 0) is 48.6 Å². The lowest BCUT2D eigenvalue weighted by Crippen LogP contribution is -2.33. The Morgan fingerprint density at radius 3 is 2.54 bits per heavy atom. The number of ether oxygens (including phenoxy) is 2. The molecule has 0 bridgehead atoms. The molecular formula is C22H30N4O2. The van der Waals surface area contributed by atoms with Crippen LogP contribution in [0.2, 0.25) is 0 Å². The zero-order valence-electron chi connectivity index (χ0n) is 16.8. The van der Waals surface area contributed by atoms with E-state index in [4.69, 9.17) is 15.2 Å². The van der Waals surface area contributed by atoms with Gasteiger partial charge in [0.25, 0.3) is 0 Å². The molecule has 0 saturated carbocycles. The second kappa shape index (κ2) is 9.88. The second-order valence-electron chi connectivity index (χ2n) is 6.92. The summed E-state index contributed by atoms with van der Waals surface area (Å²) in [5, 5.41) is 3.24. The van der Waals surface area contributed by atoms with Crippen LogP contribution in [0.3, 0.4) is 0 Å². The van der Waals surface area contributed by atoms with Crippen molar-refractivity contribution >= 4 is 11.6 Å². The highest BCUT2D eigenvalue weighted by Gasteiger charge is 2.14. The minimum absolute atomic E-state index is 0.434. The van der Waals surface area contributed by atoms with Gasteiger partial charge in [-0.25, -0.2) is 4.99 Å². The smallest absolute Gasteiger partial charge is 0.189 e. The number of aliphatic imine (C=N–C) groups is 1. The summed E-state index contributed by atoms with van der Waals surface area (Å²) in [5.74, 6) is 1.83. The average molecular weight is 383 g/mol. The number of piperidine rings is 1. The summed E-state index contributed by atoms with van der Waals surface area (Å²) in [6.45, 7) is 3.39. The number of nitrogens with zero attached hydrogens (tertiary/aromatic N) is 2. The summed E-state index contributed by atoms with van der Waals surface area (Å²) in [7, 11) is 3.25. The van der Waals surface area contributed by atoms with Crippen molar-refractivity contribution in [3.63, 3.8) is 0 Å². The highest BCUT2D eigenvalue weighted by Crippen LogP contribution is 2.28. The van der Waals surface area contributed by atoms with Gasteiger partial charge in [-0.2, -0.15) is 0 Å². The largest absolute Gasteiger partial charge is 0.493 e. The van der Waals surface area contributed by atoms with Gasteiger partial charge in [-0.15, -0.1) is 0 Å². The van der Waals surface area contributed by atoms with Crippen LogP contribution in [0.4, 0.5) is 5.69 Å². The standard InChI is InChI=1S/C22H30N4O2/c1-27-20-11-10-17(14-21(20)28-2)15-24-22(23)25-16-18-8-4-5-9-19(18)26-12-6-3-7-13-26/h4-5,8-11,14H,3,6-7,12-13,15-16H2,1-2H3,(H3,23,24,25). The first-order chi connectivity index (χ1) is 13.7. The molecule has 1 aliphatic rings. The molecule has 3 rings (SSSR count). The topological polar surface area (TPSA) is 72.1 Å². The van der Waals surface area contributed by atoms with Gasteiger partial charge < -0.3 is 25.4 Å². The van der Waals surface area contributed by atoms with Gasteiger partial charge in [0, 0.05) is 25.3 Å². The summed E-state index contributed by atoms with van der Waals surface area (Å²) in [5.41, 5.74) is 9.64. The molecule has 150 valence electrons. The SMILES string of the molecule is COc1ccc(CN=C(N)NCc2ccccc2N2CCCCC2)cc1OC. The molecule has 0 atom stereocenters. The van der Waals surface area contributed by atoms with Crippen LogP contribution in [0.5, 0.6) is 11.5 Å². The highest BCUT2D eigenvalue weighted by atomic mass is 16.5. The molecule has 6 heteroatoms. The van der Waals surface area contributed by atoms with Crippen LogP contribution >= 0.6 is 0 Å². The fraction of sp³-hybridized carbons (Fsp3) is 0.409. The molecule has 0 unspecified atom stereocenters. The molecule has 2 aromatic rings. The number of benzene rings is 2. The van der Waals surface area contributed by atoms with Gasteiger partial charge in [0.05, 0.1) is 20.8 Å². The van der Waals surface area contributed by atoms with Crippen molar-refractivity contribution in [3.05, 3.63) is 53.6 Å². The number of guanidine groups is 1. The fourth-order valence-corrected chi connectivity index (χ4v) is 3.50. The van der Waals surface area contributed by atoms with Crippen molar-refractivity contribution in [1.82, 2.24) is 5.32 Å². The summed E-state index contributed by atoms with van der Waals surface area (Å²) in [4.78, 5) is 6.93. The van der Waals surface area contributed by atoms with E-state index >= 15 is 0 Å². The van der Waals surface area contributed by atoms with Crippen LogP contribution in [0.15, 0.2) is 47.5 Å². The van der Waals surface area contributed by atoms with Gasteiger partial charge in [-0.3, -0.25) is 0 Å². The third-order valence-corrected chi connectivity index (χ3v) is 5.03. The first-order valence-electron chi connectivity index (χ1n) is 9.79. The number of para-hydroxylation sites is 1. The number of methoxy groups -OCH3 is 2. The zero-order valence-corrected chi connectivity index (χ0v) is 16.8. The lowest BCUT2D eigenvalue weighted by molar-refractivity contribution is 0.354. The predicted octanol–water partition coefficient (Wildman–Crippen LogP) is 3.30. The number of rotatable bonds is 7. The molecule has 1 saturated heterocycles. The number of nitrogens with two attached hydrogens (primary N) is 1. The third-order valence-electron chi connectivity index (χ3n) is 5.03. The van der Waals surface area contributed by atoms with Gasteiger partial charge in [0.2, 0.25) is 0 Å². The van der Waals surface area contributed by atoms with Crippen molar-refractivity contribution in [2.75, 3.05) is 32.2 Å². The molecule has 0 spiro atoms. The van der Waals surface area contributed by atoms with E-state index in [0.29, 0.717) is 30.5 Å². The third kappa shape index (κ3) is 5.09. The molecule has 6 nitrogen and oxygen atoms in total. The Hall–Kier alpha value is -2.89. The minimum Gasteiger partial charge on any atom is -0.493 e. The Morgan fingerprint density at radius 2 is 1.79 bits per heavy atom. The van der Waals surface area contributed by atoms with Crippen LogP contribution in [-0.4, -0.2) is 33.3 Å². The maximum absolute atomic E-state index is 6.09. The van der Waals surface area contributed by atoms with E-state index < -0.39 is 0 Å². The van der Waals surface area contributed by atoms with Gasteiger partial charge in [-0.1, -0.05) is 24.3 Å².